The number of hydrogen-bond donors (Lipinski definition) is 3. The molecule has 0 aromatic heterocycles. The summed E-state index contributed by atoms with van der Waals surface area (Å²) in [5.41, 5.74) is 1.07. The highest BCUT2D eigenvalue weighted by Gasteiger charge is 2.39. The lowest BCUT2D eigenvalue weighted by Gasteiger charge is -2.27. The van der Waals surface area contributed by atoms with Crippen LogP contribution in [0.2, 0.25) is 0 Å². The average molecular weight is 416 g/mol. The van der Waals surface area contributed by atoms with Gasteiger partial charge >= 0.3 is 0 Å². The summed E-state index contributed by atoms with van der Waals surface area (Å²) in [5.74, 6) is 0.663. The fourth-order valence-corrected chi connectivity index (χ4v) is 3.57. The Balaban J connectivity index is 1.76. The van der Waals surface area contributed by atoms with Crippen molar-refractivity contribution in [2.24, 2.45) is 0 Å². The van der Waals surface area contributed by atoms with Gasteiger partial charge in [0.05, 0.1) is 7.11 Å². The Morgan fingerprint density at radius 1 is 1.10 bits per heavy atom. The van der Waals surface area contributed by atoms with Gasteiger partial charge < -0.3 is 20.1 Å². The number of carbonyl (C=O) groups is 2. The van der Waals surface area contributed by atoms with Gasteiger partial charge in [0.15, 0.2) is 18.1 Å². The van der Waals surface area contributed by atoms with Crippen LogP contribution >= 0.6 is 0 Å². The molecule has 0 fully saturated rings. The van der Waals surface area contributed by atoms with E-state index in [1.165, 1.54) is 0 Å². The van der Waals surface area contributed by atoms with Crippen LogP contribution in [0.25, 0.3) is 6.08 Å². The van der Waals surface area contributed by atoms with Crippen molar-refractivity contribution in [3.8, 4) is 11.5 Å². The molecule has 0 radical (unpaired) electrons. The molecule has 3 N–H and O–H groups in total. The molecule has 7 nitrogen and oxygen atoms in total. The Morgan fingerprint density at radius 2 is 1.80 bits per heavy atom. The molecule has 7 heteroatoms. The van der Waals surface area contributed by atoms with Gasteiger partial charge in [-0.25, -0.2) is 0 Å². The van der Waals surface area contributed by atoms with Gasteiger partial charge in [-0.2, -0.15) is 0 Å². The van der Waals surface area contributed by atoms with Crippen LogP contribution in [0.3, 0.4) is 0 Å². The lowest BCUT2D eigenvalue weighted by Crippen LogP contribution is -2.48. The number of hydrogen-bond acceptors (Lipinski definition) is 5. The Morgan fingerprint density at radius 3 is 2.40 bits per heavy atom. The van der Waals surface area contributed by atoms with E-state index in [-0.39, 0.29) is 24.0 Å². The van der Waals surface area contributed by atoms with Gasteiger partial charge in [-0.15, -0.1) is 0 Å². The quantitative estimate of drug-likeness (QED) is 0.539. The molecule has 0 atom stereocenters. The maximum absolute atomic E-state index is 12.5. The second-order valence-corrected chi connectivity index (χ2v) is 8.33. The van der Waals surface area contributed by atoms with Gasteiger partial charge in [-0.05, 0) is 52.3 Å². The molecule has 1 aromatic rings. The van der Waals surface area contributed by atoms with Gasteiger partial charge in [-0.3, -0.25) is 14.9 Å². The molecule has 0 saturated carbocycles. The first-order chi connectivity index (χ1) is 14.1. The Hall–Kier alpha value is -2.80. The van der Waals surface area contributed by atoms with Crippen molar-refractivity contribution in [2.45, 2.75) is 45.7 Å². The standard InChI is InChI=1S/C23H33N3O4/c1-7-8-16-9-10-18(19(13-16)29-6)30-15-20(27)24-11-12-25-21(28)17-14-22(2,3)26-23(17,4)5/h7-10,13-14,26H,11-12,15H2,1-6H3,(H,24,27)(H,25,28)/b8-7+. The molecule has 0 spiro atoms. The van der Waals surface area contributed by atoms with E-state index >= 15 is 0 Å². The molecule has 2 amide bonds. The van der Waals surface area contributed by atoms with Crippen LogP contribution in [-0.2, 0) is 9.59 Å². The Bertz CT molecular complexity index is 841. The molecule has 0 saturated heterocycles. The number of rotatable bonds is 9. The number of allylic oxidation sites excluding steroid dienone is 1. The lowest BCUT2D eigenvalue weighted by molar-refractivity contribution is -0.123. The molecule has 1 heterocycles. The highest BCUT2D eigenvalue weighted by atomic mass is 16.5. The second-order valence-electron chi connectivity index (χ2n) is 8.33. The van der Waals surface area contributed by atoms with Gasteiger partial charge in [-0.1, -0.05) is 24.3 Å². The Labute approximate surface area is 178 Å². The summed E-state index contributed by atoms with van der Waals surface area (Å²) < 4.78 is 10.9. The number of amides is 2. The largest absolute Gasteiger partial charge is 0.493 e. The highest BCUT2D eigenvalue weighted by Crippen LogP contribution is 2.30. The smallest absolute Gasteiger partial charge is 0.258 e. The molecular formula is C23H33N3O4. The number of methoxy groups -OCH3 is 1. The van der Waals surface area contributed by atoms with E-state index in [4.69, 9.17) is 9.47 Å². The minimum atomic E-state index is -0.397. The predicted molar refractivity (Wildman–Crippen MR) is 119 cm³/mol. The molecule has 2 rings (SSSR count). The normalized spacial score (nSPS) is 16.8. The molecule has 1 aromatic carbocycles. The monoisotopic (exact) mass is 415 g/mol. The zero-order valence-corrected chi connectivity index (χ0v) is 18.7. The van der Waals surface area contributed by atoms with Crippen molar-refractivity contribution < 1.29 is 19.1 Å². The van der Waals surface area contributed by atoms with Crippen molar-refractivity contribution in [3.05, 3.63) is 41.5 Å². The van der Waals surface area contributed by atoms with Crippen LogP contribution in [0, 0.1) is 0 Å². The second kappa shape index (κ2) is 9.80. The summed E-state index contributed by atoms with van der Waals surface area (Å²) in [6, 6.07) is 5.51. The third-order valence-electron chi connectivity index (χ3n) is 4.70. The zero-order chi connectivity index (χ0) is 22.4. The molecule has 0 aliphatic carbocycles. The first kappa shape index (κ1) is 23.5. The van der Waals surface area contributed by atoms with E-state index in [9.17, 15) is 9.59 Å². The molecule has 1 aliphatic rings. The first-order valence-electron chi connectivity index (χ1n) is 10.1. The van der Waals surface area contributed by atoms with Crippen molar-refractivity contribution in [3.63, 3.8) is 0 Å². The SMILES string of the molecule is C/C=C/c1ccc(OCC(=O)NCCNC(=O)C2=CC(C)(C)NC2(C)C)c(OC)c1. The first-order valence-corrected chi connectivity index (χ1v) is 10.1. The molecule has 1 aliphatic heterocycles. The third-order valence-corrected chi connectivity index (χ3v) is 4.70. The van der Waals surface area contributed by atoms with E-state index in [0.29, 0.717) is 30.2 Å². The van der Waals surface area contributed by atoms with Crippen LogP contribution in [0.1, 0.15) is 40.2 Å². The summed E-state index contributed by atoms with van der Waals surface area (Å²) in [6.07, 6.45) is 5.83. The maximum Gasteiger partial charge on any atom is 0.258 e. The zero-order valence-electron chi connectivity index (χ0n) is 18.7. The number of nitrogens with one attached hydrogen (secondary N) is 3. The summed E-state index contributed by atoms with van der Waals surface area (Å²) in [7, 11) is 1.56. The minimum Gasteiger partial charge on any atom is -0.493 e. The van der Waals surface area contributed by atoms with Gasteiger partial charge in [0.1, 0.15) is 0 Å². The minimum absolute atomic E-state index is 0.130. The van der Waals surface area contributed by atoms with E-state index in [1.54, 1.807) is 13.2 Å². The topological polar surface area (TPSA) is 88.7 Å². The number of benzene rings is 1. The van der Waals surface area contributed by atoms with Crippen molar-refractivity contribution in [2.75, 3.05) is 26.8 Å². The van der Waals surface area contributed by atoms with E-state index in [2.05, 4.69) is 16.0 Å². The van der Waals surface area contributed by atoms with Gasteiger partial charge in [0, 0.05) is 29.7 Å². The van der Waals surface area contributed by atoms with Crippen LogP contribution in [0.15, 0.2) is 35.9 Å². The summed E-state index contributed by atoms with van der Waals surface area (Å²) in [5, 5.41) is 9.00. The van der Waals surface area contributed by atoms with E-state index < -0.39 is 5.54 Å². The van der Waals surface area contributed by atoms with Crippen LogP contribution < -0.4 is 25.4 Å². The maximum atomic E-state index is 12.5. The molecule has 30 heavy (non-hydrogen) atoms. The van der Waals surface area contributed by atoms with Crippen molar-refractivity contribution in [1.82, 2.24) is 16.0 Å². The highest BCUT2D eigenvalue weighted by molar-refractivity contribution is 5.96. The fraction of sp³-hybridized carbons (Fsp3) is 0.478. The fourth-order valence-electron chi connectivity index (χ4n) is 3.57. The van der Waals surface area contributed by atoms with E-state index in [0.717, 1.165) is 5.56 Å². The van der Waals surface area contributed by atoms with Crippen molar-refractivity contribution >= 4 is 17.9 Å². The summed E-state index contributed by atoms with van der Waals surface area (Å²) in [4.78, 5) is 24.5. The number of ether oxygens (including phenoxy) is 2. The van der Waals surface area contributed by atoms with Gasteiger partial charge in [0.2, 0.25) is 5.91 Å². The molecule has 0 unspecified atom stereocenters. The Kier molecular flexibility index (Phi) is 7.67. The van der Waals surface area contributed by atoms with Crippen LogP contribution in [0.4, 0.5) is 0 Å². The predicted octanol–water partition coefficient (Wildman–Crippen LogP) is 2.43. The molecular weight excluding hydrogens is 382 g/mol. The average Bonchev–Trinajstić information content (AvgIpc) is 2.91. The summed E-state index contributed by atoms with van der Waals surface area (Å²) in [6.45, 7) is 10.5. The molecule has 164 valence electrons. The van der Waals surface area contributed by atoms with Gasteiger partial charge in [0.25, 0.3) is 5.91 Å². The number of carbonyl (C=O) groups excluding carboxylic acids is 2. The van der Waals surface area contributed by atoms with Crippen LogP contribution in [-0.4, -0.2) is 49.7 Å². The van der Waals surface area contributed by atoms with Crippen molar-refractivity contribution in [1.29, 1.82) is 0 Å². The van der Waals surface area contributed by atoms with E-state index in [1.807, 2.05) is 65.0 Å². The lowest BCUT2D eigenvalue weighted by atomic mass is 9.96. The molecule has 0 bridgehead atoms. The summed E-state index contributed by atoms with van der Waals surface area (Å²) >= 11 is 0. The van der Waals surface area contributed by atoms with Crippen LogP contribution in [0.5, 0.6) is 11.5 Å². The third kappa shape index (κ3) is 6.35.